The lowest BCUT2D eigenvalue weighted by Crippen LogP contribution is -2.80. The summed E-state index contributed by atoms with van der Waals surface area (Å²) in [6.07, 6.45) is -33.8. The number of aromatic hydroxyl groups is 4. The van der Waals surface area contributed by atoms with E-state index in [4.69, 9.17) is 75.8 Å². The smallest absolute Gasteiger partial charge is 0.232 e. The minimum absolute atomic E-state index is 0.00463. The number of allylic oxidation sites excluding steroid dienone is 2. The molecule has 9 fully saturated rings. The first-order valence-corrected chi connectivity index (χ1v) is 41.2. The minimum atomic E-state index is -3.20. The fraction of sp³-hybridized carbons (Fsp3) is 0.723. The number of rotatable bonds is 21. The fourth-order valence-electron chi connectivity index (χ4n) is 21.2. The molecule has 3 aromatic carbocycles. The van der Waals surface area contributed by atoms with E-state index in [9.17, 15) is 81.4 Å². The molecule has 36 nitrogen and oxygen atoms in total. The molecule has 33 atom stereocenters. The third kappa shape index (κ3) is 13.5. The Morgan fingerprint density at radius 3 is 1.55 bits per heavy atom. The molecule has 2 saturated carbocycles. The van der Waals surface area contributed by atoms with Crippen molar-refractivity contribution >= 4 is 45.3 Å². The molecular weight excluding hydrogens is 1570 g/mol. The third-order valence-electron chi connectivity index (χ3n) is 27.5. The SMILES string of the molecule is CCC[C@@]12O[C@@H]3c4c(O)c5c(c(O)c4C(=O)[C@]1(O)[C@H]3[C@H](O[C@@H]1C[C@H](O)[C@H](O)[C@@H](C)O1)[C@@H](O)[C@@H]2O[C@@H]1CC[C@@H](O[C@H]2CC[C@H](O)[C@@H](C)O2)[C@H](C)O1)C(=O)C(c1c(OC)c(OC)c2cc3c(c(O)c2c1O)C(=O)[C@]1(O)[C@H](C3)[C@H](O[C@@H]2C[C@H](O)[C@H](O)[C@@H](C)O2)[C@@H](O)[C@H](O[C@@H]2CC[C@@H](O[C@H]3CC[C@@](O)(C(C)=O)[C@H](C)O3)[C@H](C)O2)[C@@]1(O)CCC)=C(OC)C5=O. The number of aliphatic hydroxyl groups is 11. The van der Waals surface area contributed by atoms with E-state index in [-0.39, 0.29) is 68.7 Å². The van der Waals surface area contributed by atoms with Crippen molar-refractivity contribution in [3.05, 3.63) is 50.8 Å². The van der Waals surface area contributed by atoms with Gasteiger partial charge in [0.1, 0.15) is 76.4 Å². The van der Waals surface area contributed by atoms with Gasteiger partial charge >= 0.3 is 0 Å². The van der Waals surface area contributed by atoms with Crippen molar-refractivity contribution in [2.45, 2.75) is 346 Å². The lowest BCUT2D eigenvalue weighted by Gasteiger charge is -2.60. The maximum absolute atomic E-state index is 16.4. The lowest BCUT2D eigenvalue weighted by atomic mass is 9.53. The highest BCUT2D eigenvalue weighted by Gasteiger charge is 2.82. The van der Waals surface area contributed by atoms with Gasteiger partial charge in [0.05, 0.1) is 151 Å². The van der Waals surface area contributed by atoms with E-state index in [1.807, 2.05) is 0 Å². The Bertz CT molecular complexity index is 4470. The first-order valence-electron chi connectivity index (χ1n) is 41.2. The first-order chi connectivity index (χ1) is 56.3. The van der Waals surface area contributed by atoms with Crippen LogP contribution in [-0.2, 0) is 77.5 Å². The Kier molecular flexibility index (Phi) is 23.8. The molecule has 12 aliphatic rings. The van der Waals surface area contributed by atoms with Gasteiger partial charge in [-0.1, -0.05) is 26.7 Å². The quantitative estimate of drug-likeness (QED) is 0.0681. The number of benzene rings is 3. The van der Waals surface area contributed by atoms with Crippen LogP contribution in [0.2, 0.25) is 0 Å². The average Bonchev–Trinajstić information content (AvgIpc) is 1.49. The molecular formula is C83H110O36. The van der Waals surface area contributed by atoms with Gasteiger partial charge in [0, 0.05) is 55.4 Å². The number of aliphatic hydroxyl groups excluding tert-OH is 7. The highest BCUT2D eigenvalue weighted by Crippen LogP contribution is 2.69. The number of hydrogen-bond donors (Lipinski definition) is 15. The Hall–Kier alpha value is -6.35. The zero-order valence-corrected chi connectivity index (χ0v) is 68.1. The van der Waals surface area contributed by atoms with Crippen LogP contribution < -0.4 is 9.47 Å². The van der Waals surface area contributed by atoms with Gasteiger partial charge in [-0.25, -0.2) is 0 Å². The van der Waals surface area contributed by atoms with Crippen molar-refractivity contribution in [3.63, 3.8) is 0 Å². The highest BCUT2D eigenvalue weighted by molar-refractivity contribution is 6.43. The first kappa shape index (κ1) is 87.5. The zero-order chi connectivity index (χ0) is 86.0. The highest BCUT2D eigenvalue weighted by atomic mass is 16.8. The normalized spacial score (nSPS) is 43.4. The Morgan fingerprint density at radius 2 is 1.01 bits per heavy atom. The standard InChI is InChI=1S/C83H110O36/c1-13-22-80(101)77(117-45-19-16-43(31(5)108-45)114-47-21-24-79(100,34(8)84)35(9)112-47)67(96)70(115-48-27-40(86)59(88)32(6)110-48)38-26-36-25-37-51(61(90)50(36)75(98)82(38,80)102)62(91)55(73(106-12)69(37)104-10)54-63(92)52-53(66(95)72(54)105-11)64(93)56-57(65(52)94)76(99)83(103)58-71(56)119-81(83,23-14-2)78(68(97)74(58)116-49-28-41(87)60(89)33(7)111-49)118-46-20-17-42(30(4)109-46)113-44-18-15-39(85)29(3)107-44/h25,29-33,35,38-49,58-60,67-68,70-71,74,77-78,85-91,93-94,96-97,100-103H,13-24,26-28H2,1-12H3/t29-,30+,31+,32-,33-,35+,38-,39+,40+,41+,42-,43-,44+,45-,46-,47+,48-,49-,58-,59-,60-,67-,68-,70+,71-,74+,77+,78+,79-,80+,81+,82-,83-/m1/s1. The molecule has 7 saturated heterocycles. The van der Waals surface area contributed by atoms with Gasteiger partial charge in [-0.15, -0.1) is 0 Å². The topological polar surface area (TPSA) is 536 Å². The second kappa shape index (κ2) is 32.3. The molecule has 0 amide bonds. The molecule has 4 bridgehead atoms. The van der Waals surface area contributed by atoms with Crippen molar-refractivity contribution in [2.75, 3.05) is 21.3 Å². The summed E-state index contributed by atoms with van der Waals surface area (Å²) in [6, 6.07) is 1.25. The van der Waals surface area contributed by atoms with Crippen molar-refractivity contribution in [2.24, 2.45) is 11.8 Å². The van der Waals surface area contributed by atoms with E-state index < -0.39 is 339 Å². The molecule has 7 aliphatic heterocycles. The van der Waals surface area contributed by atoms with Gasteiger partial charge in [-0.05, 0) is 105 Å². The van der Waals surface area contributed by atoms with Crippen LogP contribution in [0.3, 0.4) is 0 Å². The Morgan fingerprint density at radius 1 is 0.496 bits per heavy atom. The monoisotopic (exact) mass is 1680 g/mol. The average molecular weight is 1680 g/mol. The van der Waals surface area contributed by atoms with Crippen LogP contribution in [0.1, 0.15) is 216 Å². The van der Waals surface area contributed by atoms with E-state index in [1.165, 1.54) is 26.8 Å². The summed E-state index contributed by atoms with van der Waals surface area (Å²) in [4.78, 5) is 77.0. The maximum atomic E-state index is 16.4. The summed E-state index contributed by atoms with van der Waals surface area (Å²) in [5.74, 6) is -16.7. The molecule has 36 heteroatoms. The molecule has 0 aromatic heterocycles. The third-order valence-corrected chi connectivity index (χ3v) is 27.5. The summed E-state index contributed by atoms with van der Waals surface area (Å²) < 4.78 is 101. The largest absolute Gasteiger partial charge is 0.507 e. The lowest BCUT2D eigenvalue weighted by molar-refractivity contribution is -0.358. The van der Waals surface area contributed by atoms with Gasteiger partial charge in [-0.2, -0.15) is 0 Å². The second-order valence-corrected chi connectivity index (χ2v) is 34.3. The maximum Gasteiger partial charge on any atom is 0.232 e. The van der Waals surface area contributed by atoms with E-state index in [0.29, 0.717) is 12.8 Å². The number of fused-ring (bicyclic) bond motifs is 6. The summed E-state index contributed by atoms with van der Waals surface area (Å²) in [7, 11) is 3.11. The van der Waals surface area contributed by atoms with Crippen molar-refractivity contribution in [3.8, 4) is 34.5 Å². The Labute approximate surface area is 683 Å². The van der Waals surface area contributed by atoms with Gasteiger partial charge in [0.25, 0.3) is 0 Å². The number of Topliss-reactive ketones (excluding diaryl/α,β-unsaturated/α-hetero) is 5. The molecule has 0 radical (unpaired) electrons. The van der Waals surface area contributed by atoms with Gasteiger partial charge in [-0.3, -0.25) is 24.0 Å². The van der Waals surface area contributed by atoms with Crippen LogP contribution in [0.5, 0.6) is 34.5 Å². The molecule has 0 spiro atoms. The fourth-order valence-corrected chi connectivity index (χ4v) is 21.2. The molecule has 7 heterocycles. The van der Waals surface area contributed by atoms with Crippen molar-refractivity contribution in [1.82, 2.24) is 0 Å². The number of hydrogen-bond acceptors (Lipinski definition) is 36. The van der Waals surface area contributed by atoms with Crippen LogP contribution in [-0.4, -0.2) is 309 Å². The van der Waals surface area contributed by atoms with Gasteiger partial charge in [0.2, 0.25) is 23.1 Å². The molecule has 0 unspecified atom stereocenters. The second-order valence-electron chi connectivity index (χ2n) is 34.3. The van der Waals surface area contributed by atoms with Crippen LogP contribution in [0.15, 0.2) is 11.8 Å². The molecule has 5 aliphatic carbocycles. The summed E-state index contributed by atoms with van der Waals surface area (Å²) in [5.41, 5.74) is -19.7. The number of ketones is 5. The van der Waals surface area contributed by atoms with E-state index in [2.05, 4.69) is 0 Å². The molecule has 15 N–H and O–H groups in total. The molecule has 119 heavy (non-hydrogen) atoms. The number of carbonyl (C=O) groups is 5. The number of ether oxygens (including phenoxy) is 16. The van der Waals surface area contributed by atoms with E-state index in [1.54, 1.807) is 41.5 Å². The molecule has 15 rings (SSSR count). The Balaban J connectivity index is 0.806. The number of phenolic OH excluding ortho intramolecular Hbond substituents is 4. The molecule has 658 valence electrons. The summed E-state index contributed by atoms with van der Waals surface area (Å²) >= 11 is 0. The van der Waals surface area contributed by atoms with E-state index in [0.717, 1.165) is 21.3 Å². The van der Waals surface area contributed by atoms with Crippen molar-refractivity contribution in [1.29, 1.82) is 0 Å². The number of carbonyl (C=O) groups excluding carboxylic acids is 5. The van der Waals surface area contributed by atoms with E-state index >= 15 is 19.2 Å². The number of phenols is 4. The van der Waals surface area contributed by atoms with Gasteiger partial charge in [0.15, 0.2) is 72.0 Å². The number of methoxy groups -OCH3 is 3. The van der Waals surface area contributed by atoms with Crippen LogP contribution in [0, 0.1) is 11.8 Å². The predicted octanol–water partition coefficient (Wildman–Crippen LogP) is 2.44. The van der Waals surface area contributed by atoms with Crippen molar-refractivity contribution < 1.29 is 176 Å². The summed E-state index contributed by atoms with van der Waals surface area (Å²) in [5, 5.41) is 184. The van der Waals surface area contributed by atoms with Gasteiger partial charge < -0.3 is 152 Å². The molecule has 3 aromatic rings. The zero-order valence-electron chi connectivity index (χ0n) is 68.1. The van der Waals surface area contributed by atoms with Crippen LogP contribution in [0.25, 0.3) is 16.3 Å². The van der Waals surface area contributed by atoms with Crippen LogP contribution >= 0.6 is 0 Å². The van der Waals surface area contributed by atoms with Crippen LogP contribution in [0.4, 0.5) is 0 Å². The predicted molar refractivity (Wildman–Crippen MR) is 402 cm³/mol. The summed E-state index contributed by atoms with van der Waals surface area (Å²) in [6.45, 7) is 14.1. The minimum Gasteiger partial charge on any atom is -0.507 e.